The van der Waals surface area contributed by atoms with E-state index in [1.165, 1.54) is 0 Å². The van der Waals surface area contributed by atoms with Crippen LogP contribution in [0.25, 0.3) is 0 Å². The number of benzene rings is 1. The molecule has 0 atom stereocenters. The van der Waals surface area contributed by atoms with Gasteiger partial charge >= 0.3 is 0 Å². The van der Waals surface area contributed by atoms with Crippen LogP contribution >= 0.6 is 15.9 Å². The first kappa shape index (κ1) is 12.0. The molecule has 0 amide bonds. The van der Waals surface area contributed by atoms with Crippen molar-refractivity contribution in [3.8, 4) is 5.75 Å². The van der Waals surface area contributed by atoms with E-state index in [0.717, 1.165) is 4.47 Å². The number of carbonyl (C=O) groups is 1. The van der Waals surface area contributed by atoms with Gasteiger partial charge in [-0.05, 0) is 24.6 Å². The fraction of sp³-hybridized carbons (Fsp3) is 0.250. The third-order valence-electron chi connectivity index (χ3n) is 2.05. The van der Waals surface area contributed by atoms with Crippen LogP contribution in [0.1, 0.15) is 23.2 Å². The first-order valence-corrected chi connectivity index (χ1v) is 5.46. The maximum atomic E-state index is 11.8. The summed E-state index contributed by atoms with van der Waals surface area (Å²) in [6.07, 6.45) is 2.92. The van der Waals surface area contributed by atoms with Crippen molar-refractivity contribution in [2.45, 2.75) is 12.8 Å². The molecule has 0 aliphatic rings. The summed E-state index contributed by atoms with van der Waals surface area (Å²) in [4.78, 5) is 11.8. The van der Waals surface area contributed by atoms with Crippen LogP contribution in [0, 0.1) is 0 Å². The highest BCUT2D eigenvalue weighted by atomic mass is 79.9. The van der Waals surface area contributed by atoms with Gasteiger partial charge in [0.15, 0.2) is 5.78 Å². The van der Waals surface area contributed by atoms with Gasteiger partial charge in [0, 0.05) is 16.5 Å². The molecular formula is C12H13BrO2. The van der Waals surface area contributed by atoms with Crippen LogP contribution < -0.4 is 4.74 Å². The number of halogens is 1. The molecule has 15 heavy (non-hydrogen) atoms. The van der Waals surface area contributed by atoms with Crippen molar-refractivity contribution in [1.29, 1.82) is 0 Å². The zero-order valence-corrected chi connectivity index (χ0v) is 10.2. The lowest BCUT2D eigenvalue weighted by Crippen LogP contribution is -2.00. The second kappa shape index (κ2) is 5.71. The molecule has 0 heterocycles. The summed E-state index contributed by atoms with van der Waals surface area (Å²) in [7, 11) is 1.58. The Hall–Kier alpha value is -1.09. The van der Waals surface area contributed by atoms with Crippen LogP contribution in [-0.2, 0) is 0 Å². The van der Waals surface area contributed by atoms with Crippen LogP contribution in [-0.4, -0.2) is 12.9 Å². The molecule has 0 radical (unpaired) electrons. The molecule has 0 unspecified atom stereocenters. The molecule has 2 nitrogen and oxygen atoms in total. The van der Waals surface area contributed by atoms with E-state index >= 15 is 0 Å². The van der Waals surface area contributed by atoms with Gasteiger partial charge in [-0.15, -0.1) is 6.58 Å². The molecule has 0 bridgehead atoms. The molecule has 1 aromatic carbocycles. The highest BCUT2D eigenvalue weighted by Crippen LogP contribution is 2.23. The highest BCUT2D eigenvalue weighted by Gasteiger charge is 2.10. The molecule has 0 fully saturated rings. The fourth-order valence-electron chi connectivity index (χ4n) is 1.21. The van der Waals surface area contributed by atoms with Gasteiger partial charge in [-0.25, -0.2) is 0 Å². The summed E-state index contributed by atoms with van der Waals surface area (Å²) in [6.45, 7) is 3.59. The maximum Gasteiger partial charge on any atom is 0.164 e. The van der Waals surface area contributed by atoms with Gasteiger partial charge < -0.3 is 4.74 Å². The van der Waals surface area contributed by atoms with Crippen LogP contribution in [0.15, 0.2) is 35.3 Å². The third-order valence-corrected chi connectivity index (χ3v) is 2.74. The number of methoxy groups -OCH3 is 1. The minimum absolute atomic E-state index is 0.0978. The topological polar surface area (TPSA) is 26.3 Å². The molecule has 0 aliphatic heterocycles. The zero-order chi connectivity index (χ0) is 11.3. The van der Waals surface area contributed by atoms with E-state index < -0.39 is 0 Å². The number of ketones is 1. The average Bonchev–Trinajstić information content (AvgIpc) is 2.26. The van der Waals surface area contributed by atoms with Crippen molar-refractivity contribution in [1.82, 2.24) is 0 Å². The van der Waals surface area contributed by atoms with Crippen molar-refractivity contribution in [2.24, 2.45) is 0 Å². The van der Waals surface area contributed by atoms with Crippen LogP contribution in [0.2, 0.25) is 0 Å². The van der Waals surface area contributed by atoms with Crippen molar-refractivity contribution >= 4 is 21.7 Å². The maximum absolute atomic E-state index is 11.8. The SMILES string of the molecule is C=CCCC(=O)c1cc(OC)ccc1Br. The molecule has 1 aromatic rings. The minimum atomic E-state index is 0.0978. The van der Waals surface area contributed by atoms with E-state index in [4.69, 9.17) is 4.74 Å². The molecule has 0 spiro atoms. The Balaban J connectivity index is 2.91. The third kappa shape index (κ3) is 3.20. The van der Waals surface area contributed by atoms with Gasteiger partial charge in [-0.3, -0.25) is 4.79 Å². The van der Waals surface area contributed by atoms with Gasteiger partial charge in [-0.1, -0.05) is 22.0 Å². The molecule has 3 heteroatoms. The van der Waals surface area contributed by atoms with E-state index in [1.807, 2.05) is 12.1 Å². The van der Waals surface area contributed by atoms with Crippen molar-refractivity contribution in [3.05, 3.63) is 40.9 Å². The number of hydrogen-bond acceptors (Lipinski definition) is 2. The van der Waals surface area contributed by atoms with E-state index in [-0.39, 0.29) is 5.78 Å². The standard InChI is InChI=1S/C12H13BrO2/c1-3-4-5-12(14)10-8-9(15-2)6-7-11(10)13/h3,6-8H,1,4-5H2,2H3. The lowest BCUT2D eigenvalue weighted by Gasteiger charge is -2.05. The Kier molecular flexibility index (Phi) is 4.56. The normalized spacial score (nSPS) is 9.73. The molecule has 0 aromatic heterocycles. The van der Waals surface area contributed by atoms with Crippen LogP contribution in [0.4, 0.5) is 0 Å². The van der Waals surface area contributed by atoms with Gasteiger partial charge in [-0.2, -0.15) is 0 Å². The molecular weight excluding hydrogens is 256 g/mol. The lowest BCUT2D eigenvalue weighted by molar-refractivity contribution is 0.0982. The van der Waals surface area contributed by atoms with Crippen molar-refractivity contribution in [3.63, 3.8) is 0 Å². The van der Waals surface area contributed by atoms with Gasteiger partial charge in [0.25, 0.3) is 0 Å². The smallest absolute Gasteiger partial charge is 0.164 e. The Bertz CT molecular complexity index is 372. The summed E-state index contributed by atoms with van der Waals surface area (Å²) >= 11 is 3.35. The monoisotopic (exact) mass is 268 g/mol. The first-order valence-electron chi connectivity index (χ1n) is 4.66. The Morgan fingerprint density at radius 3 is 2.93 bits per heavy atom. The predicted octanol–water partition coefficient (Wildman–Crippen LogP) is 3.61. The van der Waals surface area contributed by atoms with E-state index in [0.29, 0.717) is 24.2 Å². The number of Topliss-reactive ketones (excluding diaryl/α,β-unsaturated/α-hetero) is 1. The van der Waals surface area contributed by atoms with Crippen LogP contribution in [0.5, 0.6) is 5.75 Å². The summed E-state index contributed by atoms with van der Waals surface area (Å²) < 4.78 is 5.87. The van der Waals surface area contributed by atoms with Gasteiger partial charge in [0.1, 0.15) is 5.75 Å². The molecule has 1 rings (SSSR count). The number of hydrogen-bond donors (Lipinski definition) is 0. The number of rotatable bonds is 5. The second-order valence-corrected chi connectivity index (χ2v) is 3.95. The molecule has 80 valence electrons. The van der Waals surface area contributed by atoms with E-state index in [2.05, 4.69) is 22.5 Å². The largest absolute Gasteiger partial charge is 0.497 e. The Labute approximate surface area is 98.1 Å². The van der Waals surface area contributed by atoms with E-state index in [9.17, 15) is 4.79 Å². The Morgan fingerprint density at radius 2 is 2.33 bits per heavy atom. The molecule has 0 saturated heterocycles. The molecule has 0 N–H and O–H groups in total. The summed E-state index contributed by atoms with van der Waals surface area (Å²) in [6, 6.07) is 5.38. The first-order chi connectivity index (χ1) is 7.19. The minimum Gasteiger partial charge on any atom is -0.497 e. The second-order valence-electron chi connectivity index (χ2n) is 3.10. The average molecular weight is 269 g/mol. The quantitative estimate of drug-likeness (QED) is 0.603. The summed E-state index contributed by atoms with van der Waals surface area (Å²) in [5.41, 5.74) is 0.663. The van der Waals surface area contributed by atoms with E-state index in [1.54, 1.807) is 19.3 Å². The summed E-state index contributed by atoms with van der Waals surface area (Å²) in [5, 5.41) is 0. The number of ether oxygens (including phenoxy) is 1. The molecule has 0 saturated carbocycles. The Morgan fingerprint density at radius 1 is 1.60 bits per heavy atom. The fourth-order valence-corrected chi connectivity index (χ4v) is 1.68. The van der Waals surface area contributed by atoms with Crippen LogP contribution in [0.3, 0.4) is 0 Å². The van der Waals surface area contributed by atoms with Crippen molar-refractivity contribution in [2.75, 3.05) is 7.11 Å². The van der Waals surface area contributed by atoms with Gasteiger partial charge in [0.2, 0.25) is 0 Å². The highest BCUT2D eigenvalue weighted by molar-refractivity contribution is 9.10. The lowest BCUT2D eigenvalue weighted by atomic mass is 10.1. The predicted molar refractivity (Wildman–Crippen MR) is 64.5 cm³/mol. The zero-order valence-electron chi connectivity index (χ0n) is 8.63. The molecule has 0 aliphatic carbocycles. The van der Waals surface area contributed by atoms with Gasteiger partial charge in [0.05, 0.1) is 7.11 Å². The van der Waals surface area contributed by atoms with Crippen molar-refractivity contribution < 1.29 is 9.53 Å². The number of carbonyl (C=O) groups excluding carboxylic acids is 1. The summed E-state index contributed by atoms with van der Waals surface area (Å²) in [5.74, 6) is 0.792. The number of allylic oxidation sites excluding steroid dienone is 1.